The van der Waals surface area contributed by atoms with Crippen LogP contribution in [0, 0.1) is 0 Å². The molecule has 0 saturated carbocycles. The fraction of sp³-hybridized carbons (Fsp3) is 0.529. The van der Waals surface area contributed by atoms with Crippen molar-refractivity contribution in [1.82, 2.24) is 9.97 Å². The van der Waals surface area contributed by atoms with Gasteiger partial charge in [0.15, 0.2) is 0 Å². The second-order valence-corrected chi connectivity index (χ2v) is 6.10. The second-order valence-electron chi connectivity index (χ2n) is 6.10. The number of nitrogens with zero attached hydrogens (tertiary/aromatic N) is 3. The topological polar surface area (TPSA) is 74.4 Å². The smallest absolute Gasteiger partial charge is 0.134 e. The van der Waals surface area contributed by atoms with E-state index < -0.39 is 0 Å². The highest BCUT2D eigenvalue weighted by molar-refractivity contribution is 5.50. The van der Waals surface area contributed by atoms with Crippen LogP contribution in [0.4, 0.5) is 11.6 Å². The number of hydrogen-bond donors (Lipinski definition) is 2. The van der Waals surface area contributed by atoms with Gasteiger partial charge in [0.05, 0.1) is 18.9 Å². The molecule has 0 aromatic carbocycles. The lowest BCUT2D eigenvalue weighted by atomic mass is 10.1. The summed E-state index contributed by atoms with van der Waals surface area (Å²) in [4.78, 5) is 10.8. The van der Waals surface area contributed by atoms with Crippen molar-refractivity contribution in [3.8, 4) is 0 Å². The molecule has 2 N–H and O–H groups in total. The van der Waals surface area contributed by atoms with Gasteiger partial charge in [-0.3, -0.25) is 0 Å². The zero-order valence-electron chi connectivity index (χ0n) is 13.5. The number of aliphatic hydroxyl groups is 1. The van der Waals surface area contributed by atoms with Crippen molar-refractivity contribution in [3.63, 3.8) is 0 Å². The van der Waals surface area contributed by atoms with Gasteiger partial charge in [0.2, 0.25) is 0 Å². The van der Waals surface area contributed by atoms with E-state index in [-0.39, 0.29) is 18.7 Å². The van der Waals surface area contributed by atoms with E-state index >= 15 is 0 Å². The summed E-state index contributed by atoms with van der Waals surface area (Å²) < 4.78 is 5.36. The van der Waals surface area contributed by atoms with E-state index in [4.69, 9.17) is 4.42 Å². The molecule has 0 aliphatic carbocycles. The summed E-state index contributed by atoms with van der Waals surface area (Å²) >= 11 is 0. The van der Waals surface area contributed by atoms with Crippen LogP contribution in [0.5, 0.6) is 0 Å². The van der Waals surface area contributed by atoms with E-state index in [1.54, 1.807) is 12.6 Å². The van der Waals surface area contributed by atoms with Crippen molar-refractivity contribution in [2.75, 3.05) is 23.4 Å². The summed E-state index contributed by atoms with van der Waals surface area (Å²) in [7, 11) is 0. The molecule has 3 rings (SSSR count). The fourth-order valence-corrected chi connectivity index (χ4v) is 3.05. The van der Waals surface area contributed by atoms with Gasteiger partial charge in [0.1, 0.15) is 23.7 Å². The minimum atomic E-state index is 0.173. The van der Waals surface area contributed by atoms with E-state index in [1.807, 2.05) is 18.2 Å². The summed E-state index contributed by atoms with van der Waals surface area (Å²) in [5, 5.41) is 12.9. The van der Waals surface area contributed by atoms with Crippen LogP contribution in [0.3, 0.4) is 0 Å². The van der Waals surface area contributed by atoms with Gasteiger partial charge >= 0.3 is 0 Å². The van der Waals surface area contributed by atoms with Crippen LogP contribution in [-0.4, -0.2) is 40.3 Å². The first kappa shape index (κ1) is 15.8. The third-order valence-electron chi connectivity index (χ3n) is 4.33. The third kappa shape index (κ3) is 4.01. The van der Waals surface area contributed by atoms with E-state index in [9.17, 15) is 5.11 Å². The maximum Gasteiger partial charge on any atom is 0.134 e. The predicted octanol–water partition coefficient (Wildman–Crippen LogP) is 2.46. The minimum absolute atomic E-state index is 0.173. The molecule has 0 amide bonds. The number of aliphatic hydroxyl groups excluding tert-OH is 1. The SMILES string of the molecule is C[C@@H](CCc1ccco1)Nc1cc(N2CCC[C@@H]2CO)ncn1. The van der Waals surface area contributed by atoms with Crippen LogP contribution in [0.25, 0.3) is 0 Å². The Morgan fingerprint density at radius 3 is 3.17 bits per heavy atom. The Labute approximate surface area is 136 Å². The van der Waals surface area contributed by atoms with Gasteiger partial charge in [0, 0.05) is 25.1 Å². The molecule has 0 spiro atoms. The van der Waals surface area contributed by atoms with Gasteiger partial charge in [-0.05, 0) is 38.3 Å². The Balaban J connectivity index is 1.58. The Kier molecular flexibility index (Phi) is 5.12. The summed E-state index contributed by atoms with van der Waals surface area (Å²) in [6.07, 6.45) is 7.27. The molecule has 1 aliphatic rings. The fourth-order valence-electron chi connectivity index (χ4n) is 3.05. The normalized spacial score (nSPS) is 19.0. The zero-order chi connectivity index (χ0) is 16.1. The molecule has 6 nitrogen and oxygen atoms in total. The minimum Gasteiger partial charge on any atom is -0.469 e. The summed E-state index contributed by atoms with van der Waals surface area (Å²) in [6, 6.07) is 6.34. The van der Waals surface area contributed by atoms with Crippen molar-refractivity contribution < 1.29 is 9.52 Å². The molecule has 1 aliphatic heterocycles. The van der Waals surface area contributed by atoms with Crippen LogP contribution in [-0.2, 0) is 6.42 Å². The van der Waals surface area contributed by atoms with Crippen LogP contribution >= 0.6 is 0 Å². The largest absolute Gasteiger partial charge is 0.469 e. The Morgan fingerprint density at radius 2 is 2.39 bits per heavy atom. The molecular weight excluding hydrogens is 292 g/mol. The molecule has 23 heavy (non-hydrogen) atoms. The first-order valence-electron chi connectivity index (χ1n) is 8.24. The Morgan fingerprint density at radius 1 is 1.48 bits per heavy atom. The second kappa shape index (κ2) is 7.46. The lowest BCUT2D eigenvalue weighted by Crippen LogP contribution is -2.32. The summed E-state index contributed by atoms with van der Waals surface area (Å²) in [5.74, 6) is 2.72. The van der Waals surface area contributed by atoms with E-state index in [0.717, 1.165) is 49.6 Å². The molecule has 2 aromatic rings. The maximum atomic E-state index is 9.46. The Hall–Kier alpha value is -2.08. The van der Waals surface area contributed by atoms with Crippen LogP contribution < -0.4 is 10.2 Å². The lowest BCUT2D eigenvalue weighted by Gasteiger charge is -2.24. The van der Waals surface area contributed by atoms with E-state index in [2.05, 4.69) is 27.1 Å². The van der Waals surface area contributed by atoms with Gasteiger partial charge in [-0.25, -0.2) is 9.97 Å². The van der Waals surface area contributed by atoms with Crippen molar-refractivity contribution in [2.24, 2.45) is 0 Å². The number of aryl methyl sites for hydroxylation is 1. The number of hydrogen-bond acceptors (Lipinski definition) is 6. The molecule has 3 heterocycles. The summed E-state index contributed by atoms with van der Waals surface area (Å²) in [5.41, 5.74) is 0. The van der Waals surface area contributed by atoms with Gasteiger partial charge < -0.3 is 19.7 Å². The van der Waals surface area contributed by atoms with Gasteiger partial charge in [-0.2, -0.15) is 0 Å². The molecular formula is C17H24N4O2. The van der Waals surface area contributed by atoms with Crippen molar-refractivity contribution >= 4 is 11.6 Å². The molecule has 1 saturated heterocycles. The number of furan rings is 1. The highest BCUT2D eigenvalue weighted by Crippen LogP contribution is 2.24. The van der Waals surface area contributed by atoms with Gasteiger partial charge in [-0.1, -0.05) is 0 Å². The highest BCUT2D eigenvalue weighted by Gasteiger charge is 2.25. The van der Waals surface area contributed by atoms with Crippen LogP contribution in [0.2, 0.25) is 0 Å². The first-order valence-corrected chi connectivity index (χ1v) is 8.24. The number of anilines is 2. The Bertz CT molecular complexity index is 602. The highest BCUT2D eigenvalue weighted by atomic mass is 16.3. The summed E-state index contributed by atoms with van der Waals surface area (Å²) in [6.45, 7) is 3.25. The molecule has 2 aromatic heterocycles. The monoisotopic (exact) mass is 316 g/mol. The maximum absolute atomic E-state index is 9.46. The quantitative estimate of drug-likeness (QED) is 0.817. The molecule has 6 heteroatoms. The average Bonchev–Trinajstić information content (AvgIpc) is 3.24. The number of rotatable bonds is 7. The zero-order valence-corrected chi connectivity index (χ0v) is 13.5. The molecule has 0 unspecified atom stereocenters. The van der Waals surface area contributed by atoms with Crippen molar-refractivity contribution in [3.05, 3.63) is 36.5 Å². The molecule has 0 bridgehead atoms. The van der Waals surface area contributed by atoms with Gasteiger partial charge in [0.25, 0.3) is 0 Å². The standard InChI is InChI=1S/C17H24N4O2/c1-13(6-7-15-5-3-9-23-15)20-16-10-17(19-12-18-16)21-8-2-4-14(21)11-22/h3,5,9-10,12-14,22H,2,4,6-8,11H2,1H3,(H,18,19,20)/t13-,14+/m0/s1. The van der Waals surface area contributed by atoms with E-state index in [1.165, 1.54) is 0 Å². The van der Waals surface area contributed by atoms with Crippen molar-refractivity contribution in [2.45, 2.75) is 44.7 Å². The third-order valence-corrected chi connectivity index (χ3v) is 4.33. The van der Waals surface area contributed by atoms with Gasteiger partial charge in [-0.15, -0.1) is 0 Å². The molecule has 0 radical (unpaired) electrons. The average molecular weight is 316 g/mol. The van der Waals surface area contributed by atoms with Crippen LogP contribution in [0.1, 0.15) is 31.9 Å². The predicted molar refractivity (Wildman–Crippen MR) is 89.6 cm³/mol. The lowest BCUT2D eigenvalue weighted by molar-refractivity contribution is 0.266. The van der Waals surface area contributed by atoms with E-state index in [0.29, 0.717) is 0 Å². The molecule has 1 fully saturated rings. The number of aromatic nitrogens is 2. The molecule has 124 valence electrons. The number of nitrogens with one attached hydrogen (secondary N) is 1. The first-order chi connectivity index (χ1) is 11.3. The van der Waals surface area contributed by atoms with Crippen LogP contribution in [0.15, 0.2) is 35.2 Å². The molecule has 2 atom stereocenters. The van der Waals surface area contributed by atoms with Crippen molar-refractivity contribution in [1.29, 1.82) is 0 Å².